The van der Waals surface area contributed by atoms with E-state index in [4.69, 9.17) is 0 Å². The van der Waals surface area contributed by atoms with E-state index in [0.29, 0.717) is 5.69 Å². The van der Waals surface area contributed by atoms with Crippen molar-refractivity contribution in [3.8, 4) is 11.1 Å². The van der Waals surface area contributed by atoms with Crippen LogP contribution in [-0.2, 0) is 17.9 Å². The second-order valence-electron chi connectivity index (χ2n) is 8.40. The summed E-state index contributed by atoms with van der Waals surface area (Å²) in [5.41, 5.74) is 4.60. The highest BCUT2D eigenvalue weighted by Gasteiger charge is 2.15. The molecule has 1 heterocycles. The van der Waals surface area contributed by atoms with Gasteiger partial charge in [0.2, 0.25) is 5.91 Å². The van der Waals surface area contributed by atoms with E-state index in [9.17, 15) is 14.0 Å². The van der Waals surface area contributed by atoms with Gasteiger partial charge in [-0.3, -0.25) is 14.5 Å². The second-order valence-corrected chi connectivity index (χ2v) is 8.40. The molecule has 170 valence electrons. The Morgan fingerprint density at radius 1 is 0.970 bits per heavy atom. The van der Waals surface area contributed by atoms with Crippen molar-refractivity contribution in [3.05, 3.63) is 89.2 Å². The molecule has 0 aliphatic carbocycles. The summed E-state index contributed by atoms with van der Waals surface area (Å²) in [7, 11) is 0. The molecule has 2 N–H and O–H groups in total. The third-order valence-corrected chi connectivity index (χ3v) is 5.86. The molecule has 4 rings (SSSR count). The number of carbonyl (C=O) groups is 2. The van der Waals surface area contributed by atoms with Crippen molar-refractivity contribution < 1.29 is 14.0 Å². The number of hydrogen-bond donors (Lipinski definition) is 2. The largest absolute Gasteiger partial charge is 0.348 e. The summed E-state index contributed by atoms with van der Waals surface area (Å²) < 4.78 is 14.2. The lowest BCUT2D eigenvalue weighted by Gasteiger charge is -2.15. The van der Waals surface area contributed by atoms with Crippen molar-refractivity contribution in [2.45, 2.75) is 32.9 Å². The Balaban J connectivity index is 1.46. The Morgan fingerprint density at radius 2 is 1.70 bits per heavy atom. The zero-order valence-corrected chi connectivity index (χ0v) is 18.7. The molecule has 3 aromatic rings. The highest BCUT2D eigenvalue weighted by atomic mass is 19.1. The van der Waals surface area contributed by atoms with Crippen LogP contribution in [0, 0.1) is 5.82 Å². The fourth-order valence-corrected chi connectivity index (χ4v) is 4.20. The molecule has 1 saturated heterocycles. The lowest BCUT2D eigenvalue weighted by atomic mass is 9.98. The predicted molar refractivity (Wildman–Crippen MR) is 128 cm³/mol. The molecule has 0 radical (unpaired) electrons. The molecule has 1 aliphatic rings. The monoisotopic (exact) mass is 445 g/mol. The summed E-state index contributed by atoms with van der Waals surface area (Å²) in [5, 5.41) is 5.38. The molecular formula is C27H28FN3O2. The molecule has 0 bridgehead atoms. The number of amides is 2. The molecule has 1 fully saturated rings. The van der Waals surface area contributed by atoms with Crippen LogP contribution in [0.25, 0.3) is 11.1 Å². The average Bonchev–Trinajstić information content (AvgIpc) is 3.32. The number of benzene rings is 3. The first-order chi connectivity index (χ1) is 16.0. The Hall–Kier alpha value is -3.51. The van der Waals surface area contributed by atoms with E-state index in [1.807, 2.05) is 24.3 Å². The van der Waals surface area contributed by atoms with Gasteiger partial charge in [-0.1, -0.05) is 48.5 Å². The smallest absolute Gasteiger partial charge is 0.254 e. The molecule has 6 heteroatoms. The zero-order chi connectivity index (χ0) is 23.2. The fraction of sp³-hybridized carbons (Fsp3) is 0.259. The molecule has 5 nitrogen and oxygen atoms in total. The average molecular weight is 446 g/mol. The summed E-state index contributed by atoms with van der Waals surface area (Å²) in [6, 6.07) is 20.4. The minimum Gasteiger partial charge on any atom is -0.348 e. The maximum atomic E-state index is 14.2. The van der Waals surface area contributed by atoms with Gasteiger partial charge in [0.25, 0.3) is 5.91 Å². The van der Waals surface area contributed by atoms with Gasteiger partial charge in [0.1, 0.15) is 5.82 Å². The Bertz CT molecular complexity index is 1140. The normalized spacial score (nSPS) is 13.6. The first kappa shape index (κ1) is 22.7. The maximum Gasteiger partial charge on any atom is 0.254 e. The van der Waals surface area contributed by atoms with E-state index < -0.39 is 11.7 Å². The van der Waals surface area contributed by atoms with Crippen LogP contribution in [0.15, 0.2) is 66.7 Å². The van der Waals surface area contributed by atoms with Crippen molar-refractivity contribution in [1.82, 2.24) is 10.2 Å². The van der Waals surface area contributed by atoms with Crippen LogP contribution in [0.2, 0.25) is 0 Å². The van der Waals surface area contributed by atoms with Gasteiger partial charge < -0.3 is 10.6 Å². The predicted octanol–water partition coefficient (Wildman–Crippen LogP) is 4.98. The van der Waals surface area contributed by atoms with Crippen LogP contribution >= 0.6 is 0 Å². The van der Waals surface area contributed by atoms with Gasteiger partial charge in [-0.15, -0.1) is 0 Å². The SMILES string of the molecule is CC(=O)Nc1ccc(F)c(C(=O)NCc2ccccc2-c2ccc(CN3CCCC3)cc2)c1. The molecule has 0 saturated carbocycles. The Morgan fingerprint density at radius 3 is 2.42 bits per heavy atom. The first-order valence-corrected chi connectivity index (χ1v) is 11.2. The summed E-state index contributed by atoms with van der Waals surface area (Å²) in [5.74, 6) is -1.45. The molecule has 0 atom stereocenters. The van der Waals surface area contributed by atoms with Gasteiger partial charge in [-0.05, 0) is 66.4 Å². The fourth-order valence-electron chi connectivity index (χ4n) is 4.20. The minimum atomic E-state index is -0.636. The van der Waals surface area contributed by atoms with Crippen LogP contribution in [-0.4, -0.2) is 29.8 Å². The summed E-state index contributed by atoms with van der Waals surface area (Å²) in [6.45, 7) is 4.92. The Kier molecular flexibility index (Phi) is 7.15. The topological polar surface area (TPSA) is 61.4 Å². The number of halogens is 1. The third-order valence-electron chi connectivity index (χ3n) is 5.86. The van der Waals surface area contributed by atoms with Crippen molar-refractivity contribution in [2.75, 3.05) is 18.4 Å². The van der Waals surface area contributed by atoms with Crippen molar-refractivity contribution in [3.63, 3.8) is 0 Å². The van der Waals surface area contributed by atoms with E-state index in [-0.39, 0.29) is 18.0 Å². The molecule has 0 aromatic heterocycles. The van der Waals surface area contributed by atoms with E-state index in [1.165, 1.54) is 56.6 Å². The third kappa shape index (κ3) is 5.84. The highest BCUT2D eigenvalue weighted by Crippen LogP contribution is 2.25. The van der Waals surface area contributed by atoms with Gasteiger partial charge in [-0.2, -0.15) is 0 Å². The lowest BCUT2D eigenvalue weighted by Crippen LogP contribution is -2.24. The zero-order valence-electron chi connectivity index (χ0n) is 18.7. The number of nitrogens with zero attached hydrogens (tertiary/aromatic N) is 1. The summed E-state index contributed by atoms with van der Waals surface area (Å²) in [6.07, 6.45) is 2.55. The number of nitrogens with one attached hydrogen (secondary N) is 2. The molecule has 1 aliphatic heterocycles. The summed E-state index contributed by atoms with van der Waals surface area (Å²) in [4.78, 5) is 26.4. The van der Waals surface area contributed by atoms with Crippen molar-refractivity contribution >= 4 is 17.5 Å². The van der Waals surface area contributed by atoms with Gasteiger partial charge >= 0.3 is 0 Å². The van der Waals surface area contributed by atoms with Crippen LogP contribution in [0.3, 0.4) is 0 Å². The van der Waals surface area contributed by atoms with Crippen LogP contribution < -0.4 is 10.6 Å². The van der Waals surface area contributed by atoms with E-state index >= 15 is 0 Å². The molecule has 0 unspecified atom stereocenters. The number of rotatable bonds is 7. The van der Waals surface area contributed by atoms with E-state index in [0.717, 1.165) is 23.2 Å². The molecule has 2 amide bonds. The highest BCUT2D eigenvalue weighted by molar-refractivity contribution is 5.97. The summed E-state index contributed by atoms with van der Waals surface area (Å²) >= 11 is 0. The minimum absolute atomic E-state index is 0.106. The van der Waals surface area contributed by atoms with E-state index in [1.54, 1.807) is 0 Å². The van der Waals surface area contributed by atoms with Gasteiger partial charge in [0.15, 0.2) is 0 Å². The quantitative estimate of drug-likeness (QED) is 0.539. The first-order valence-electron chi connectivity index (χ1n) is 11.2. The molecule has 33 heavy (non-hydrogen) atoms. The van der Waals surface area contributed by atoms with Gasteiger partial charge in [0.05, 0.1) is 5.56 Å². The molecule has 0 spiro atoms. The lowest BCUT2D eigenvalue weighted by molar-refractivity contribution is -0.114. The number of likely N-dealkylation sites (tertiary alicyclic amines) is 1. The number of anilines is 1. The number of hydrogen-bond acceptors (Lipinski definition) is 3. The van der Waals surface area contributed by atoms with Gasteiger partial charge in [0, 0.05) is 25.7 Å². The molecular weight excluding hydrogens is 417 g/mol. The Labute approximate surface area is 193 Å². The molecule has 3 aromatic carbocycles. The van der Waals surface area contributed by atoms with Crippen molar-refractivity contribution in [1.29, 1.82) is 0 Å². The van der Waals surface area contributed by atoms with Crippen LogP contribution in [0.4, 0.5) is 10.1 Å². The maximum absolute atomic E-state index is 14.2. The van der Waals surface area contributed by atoms with Crippen LogP contribution in [0.1, 0.15) is 41.3 Å². The number of carbonyl (C=O) groups excluding carboxylic acids is 2. The van der Waals surface area contributed by atoms with Gasteiger partial charge in [-0.25, -0.2) is 4.39 Å². The van der Waals surface area contributed by atoms with Crippen LogP contribution in [0.5, 0.6) is 0 Å². The second kappa shape index (κ2) is 10.4. The standard InChI is InChI=1S/C27H28FN3O2/c1-19(32)30-23-12-13-26(28)25(16-23)27(33)29-17-22-6-2-3-7-24(22)21-10-8-20(9-11-21)18-31-14-4-5-15-31/h2-3,6-13,16H,4-5,14-15,17-18H2,1H3,(H,29,33)(H,30,32). The van der Waals surface area contributed by atoms with Crippen molar-refractivity contribution in [2.24, 2.45) is 0 Å². The van der Waals surface area contributed by atoms with E-state index in [2.05, 4.69) is 39.8 Å².